The van der Waals surface area contributed by atoms with Crippen LogP contribution in [-0.4, -0.2) is 40.9 Å². The molecule has 0 saturated heterocycles. The monoisotopic (exact) mass is 272 g/mol. The van der Waals surface area contributed by atoms with Gasteiger partial charge in [-0.15, -0.1) is 10.2 Å². The third kappa shape index (κ3) is 2.92. The molecule has 19 heavy (non-hydrogen) atoms. The largest absolute Gasteiger partial charge is 0.375 e. The van der Waals surface area contributed by atoms with Gasteiger partial charge in [0.15, 0.2) is 5.82 Å². The molecule has 0 amide bonds. The Morgan fingerprint density at radius 1 is 1.37 bits per heavy atom. The van der Waals surface area contributed by atoms with E-state index in [9.17, 15) is 8.78 Å². The smallest absolute Gasteiger partial charge is 0.261 e. The molecule has 1 saturated carbocycles. The molecule has 0 aromatic carbocycles. The van der Waals surface area contributed by atoms with Crippen LogP contribution in [-0.2, 0) is 17.7 Å². The van der Waals surface area contributed by atoms with Crippen LogP contribution in [0.3, 0.4) is 0 Å². The zero-order chi connectivity index (χ0) is 13.2. The lowest BCUT2D eigenvalue weighted by molar-refractivity contribution is 0.0180. The Balaban J connectivity index is 1.60. The minimum Gasteiger partial charge on any atom is -0.375 e. The Labute approximate surface area is 110 Å². The maximum absolute atomic E-state index is 12.0. The van der Waals surface area contributed by atoms with Gasteiger partial charge in [-0.25, -0.2) is 8.78 Å². The van der Waals surface area contributed by atoms with Crippen LogP contribution in [0.15, 0.2) is 0 Å². The molecule has 3 rings (SSSR count). The topological polar surface area (TPSA) is 52.0 Å². The third-order valence-corrected chi connectivity index (χ3v) is 3.64. The fourth-order valence-electron chi connectivity index (χ4n) is 2.57. The Morgan fingerprint density at radius 2 is 2.21 bits per heavy atom. The average Bonchev–Trinajstić information content (AvgIpc) is 3.15. The molecule has 7 heteroatoms. The standard InChI is InChI=1S/C12H18F2N4O/c13-9(14)7-19-6-3-10-16-17-12-11(8-1-2-8)15-4-5-18(10)12/h8-9,11,15H,1-7H2. The summed E-state index contributed by atoms with van der Waals surface area (Å²) < 4.78 is 30.9. The lowest BCUT2D eigenvalue weighted by Crippen LogP contribution is -2.35. The summed E-state index contributed by atoms with van der Waals surface area (Å²) in [5.41, 5.74) is 0. The summed E-state index contributed by atoms with van der Waals surface area (Å²) >= 11 is 0. The van der Waals surface area contributed by atoms with E-state index in [0.29, 0.717) is 18.4 Å². The van der Waals surface area contributed by atoms with Gasteiger partial charge in [0.2, 0.25) is 0 Å². The first kappa shape index (κ1) is 12.9. The summed E-state index contributed by atoms with van der Waals surface area (Å²) in [4.78, 5) is 0. The summed E-state index contributed by atoms with van der Waals surface area (Å²) in [6.07, 6.45) is 0.627. The van der Waals surface area contributed by atoms with Gasteiger partial charge in [-0.2, -0.15) is 0 Å². The van der Waals surface area contributed by atoms with Crippen molar-refractivity contribution >= 4 is 0 Å². The van der Waals surface area contributed by atoms with Crippen molar-refractivity contribution in [3.05, 3.63) is 11.6 Å². The van der Waals surface area contributed by atoms with E-state index in [1.54, 1.807) is 0 Å². The molecule has 106 valence electrons. The number of aromatic nitrogens is 3. The van der Waals surface area contributed by atoms with E-state index in [4.69, 9.17) is 4.74 Å². The zero-order valence-electron chi connectivity index (χ0n) is 10.7. The molecule has 1 N–H and O–H groups in total. The number of rotatable bonds is 6. The van der Waals surface area contributed by atoms with E-state index in [0.717, 1.165) is 24.7 Å². The Bertz CT molecular complexity index is 433. The van der Waals surface area contributed by atoms with E-state index in [-0.39, 0.29) is 6.61 Å². The van der Waals surface area contributed by atoms with Gasteiger partial charge in [-0.05, 0) is 18.8 Å². The molecule has 1 aliphatic heterocycles. The summed E-state index contributed by atoms with van der Waals surface area (Å²) in [7, 11) is 0. The zero-order valence-corrected chi connectivity index (χ0v) is 10.7. The predicted octanol–water partition coefficient (Wildman–Crippen LogP) is 1.16. The van der Waals surface area contributed by atoms with Crippen LogP contribution in [0.25, 0.3) is 0 Å². The highest BCUT2D eigenvalue weighted by atomic mass is 19.3. The molecule has 2 heterocycles. The van der Waals surface area contributed by atoms with Crippen molar-refractivity contribution in [2.24, 2.45) is 5.92 Å². The van der Waals surface area contributed by atoms with Gasteiger partial charge in [0, 0.05) is 19.5 Å². The van der Waals surface area contributed by atoms with E-state index >= 15 is 0 Å². The van der Waals surface area contributed by atoms with Crippen molar-refractivity contribution < 1.29 is 13.5 Å². The van der Waals surface area contributed by atoms with Gasteiger partial charge in [0.1, 0.15) is 12.4 Å². The quantitative estimate of drug-likeness (QED) is 0.789. The molecule has 1 atom stereocenters. The van der Waals surface area contributed by atoms with Crippen molar-refractivity contribution in [1.82, 2.24) is 20.1 Å². The number of hydrogen-bond donors (Lipinski definition) is 1. The Hall–Kier alpha value is -1.08. The number of alkyl halides is 2. The van der Waals surface area contributed by atoms with Crippen molar-refractivity contribution in [3.8, 4) is 0 Å². The van der Waals surface area contributed by atoms with E-state index in [2.05, 4.69) is 20.1 Å². The summed E-state index contributed by atoms with van der Waals surface area (Å²) in [6.45, 7) is 1.52. The van der Waals surface area contributed by atoms with Gasteiger partial charge >= 0.3 is 0 Å². The van der Waals surface area contributed by atoms with Crippen LogP contribution < -0.4 is 5.32 Å². The number of hydrogen-bond acceptors (Lipinski definition) is 4. The fraction of sp³-hybridized carbons (Fsp3) is 0.833. The highest BCUT2D eigenvalue weighted by molar-refractivity contribution is 5.08. The second-order valence-electron chi connectivity index (χ2n) is 5.11. The van der Waals surface area contributed by atoms with Crippen LogP contribution >= 0.6 is 0 Å². The number of nitrogens with one attached hydrogen (secondary N) is 1. The number of fused-ring (bicyclic) bond motifs is 1. The number of ether oxygens (including phenoxy) is 1. The van der Waals surface area contributed by atoms with Gasteiger partial charge in [-0.1, -0.05) is 0 Å². The van der Waals surface area contributed by atoms with Crippen LogP contribution in [0, 0.1) is 5.92 Å². The van der Waals surface area contributed by atoms with Crippen molar-refractivity contribution in [1.29, 1.82) is 0 Å². The van der Waals surface area contributed by atoms with Crippen LogP contribution in [0.5, 0.6) is 0 Å². The van der Waals surface area contributed by atoms with Gasteiger partial charge in [-0.3, -0.25) is 0 Å². The molecule has 1 aromatic heterocycles. The maximum Gasteiger partial charge on any atom is 0.261 e. The van der Waals surface area contributed by atoms with Gasteiger partial charge < -0.3 is 14.6 Å². The first-order valence-electron chi connectivity index (χ1n) is 6.77. The Kier molecular flexibility index (Phi) is 3.74. The average molecular weight is 272 g/mol. The second-order valence-corrected chi connectivity index (χ2v) is 5.11. The lowest BCUT2D eigenvalue weighted by atomic mass is 10.1. The molecule has 1 aromatic rings. The highest BCUT2D eigenvalue weighted by Crippen LogP contribution is 2.41. The van der Waals surface area contributed by atoms with Gasteiger partial charge in [0.25, 0.3) is 6.43 Å². The van der Waals surface area contributed by atoms with Crippen molar-refractivity contribution in [3.63, 3.8) is 0 Å². The molecule has 5 nitrogen and oxygen atoms in total. The van der Waals surface area contributed by atoms with Crippen molar-refractivity contribution in [2.75, 3.05) is 19.8 Å². The van der Waals surface area contributed by atoms with Crippen molar-refractivity contribution in [2.45, 2.75) is 38.3 Å². The van der Waals surface area contributed by atoms with Crippen LogP contribution in [0.1, 0.15) is 30.5 Å². The molecular weight excluding hydrogens is 254 g/mol. The molecule has 1 unspecified atom stereocenters. The molecular formula is C12H18F2N4O. The minimum atomic E-state index is -2.41. The molecule has 1 fully saturated rings. The normalized spacial score (nSPS) is 22.8. The second kappa shape index (κ2) is 5.50. The summed E-state index contributed by atoms with van der Waals surface area (Å²) in [5.74, 6) is 2.53. The Morgan fingerprint density at radius 3 is 2.95 bits per heavy atom. The van der Waals surface area contributed by atoms with E-state index in [1.807, 2.05) is 0 Å². The summed E-state index contributed by atoms with van der Waals surface area (Å²) in [5, 5.41) is 11.9. The summed E-state index contributed by atoms with van der Waals surface area (Å²) in [6, 6.07) is 0.317. The molecule has 2 aliphatic rings. The van der Waals surface area contributed by atoms with E-state index in [1.165, 1.54) is 12.8 Å². The predicted molar refractivity (Wildman–Crippen MR) is 64.0 cm³/mol. The molecule has 1 aliphatic carbocycles. The van der Waals surface area contributed by atoms with Crippen LogP contribution in [0.4, 0.5) is 8.78 Å². The number of nitrogens with zero attached hydrogens (tertiary/aromatic N) is 3. The highest BCUT2D eigenvalue weighted by Gasteiger charge is 2.37. The molecule has 0 spiro atoms. The first-order valence-corrected chi connectivity index (χ1v) is 6.77. The minimum absolute atomic E-state index is 0.268. The van der Waals surface area contributed by atoms with Gasteiger partial charge in [0.05, 0.1) is 12.6 Å². The van der Waals surface area contributed by atoms with E-state index < -0.39 is 13.0 Å². The fourth-order valence-corrected chi connectivity index (χ4v) is 2.57. The molecule has 0 radical (unpaired) electrons. The third-order valence-electron chi connectivity index (χ3n) is 3.64. The number of halogens is 2. The maximum atomic E-state index is 12.0. The van der Waals surface area contributed by atoms with Crippen LogP contribution in [0.2, 0.25) is 0 Å². The molecule has 0 bridgehead atoms. The SMILES string of the molecule is FC(F)COCCc1nnc2n1CCNC2C1CC1. The first-order chi connectivity index (χ1) is 9.25. The lowest BCUT2D eigenvalue weighted by Gasteiger charge is -2.24.